The molecule has 0 aliphatic carbocycles. The highest BCUT2D eigenvalue weighted by molar-refractivity contribution is 6.07. The molecule has 8 heteroatoms. The van der Waals surface area contributed by atoms with Crippen LogP contribution in [-0.4, -0.2) is 47.8 Å². The molecule has 3 aliphatic rings. The van der Waals surface area contributed by atoms with Crippen molar-refractivity contribution in [2.45, 2.75) is 30.7 Å². The summed E-state index contributed by atoms with van der Waals surface area (Å²) in [5, 5.41) is 7.48. The zero-order valence-corrected chi connectivity index (χ0v) is 13.5. The van der Waals surface area contributed by atoms with E-state index in [1.165, 1.54) is 0 Å². The van der Waals surface area contributed by atoms with E-state index in [-0.39, 0.29) is 18.2 Å². The Labute approximate surface area is 143 Å². The Morgan fingerprint density at radius 3 is 2.52 bits per heavy atom. The number of imide groups is 1. The van der Waals surface area contributed by atoms with Crippen molar-refractivity contribution in [2.24, 2.45) is 0 Å². The lowest BCUT2D eigenvalue weighted by molar-refractivity contribution is -0.136. The van der Waals surface area contributed by atoms with Crippen molar-refractivity contribution in [3.63, 3.8) is 0 Å². The second kappa shape index (κ2) is 5.58. The molecule has 3 heterocycles. The third kappa shape index (κ3) is 2.45. The van der Waals surface area contributed by atoms with Crippen LogP contribution in [0.2, 0.25) is 0 Å². The average Bonchev–Trinajstić information content (AvgIpc) is 3.05. The van der Waals surface area contributed by atoms with Gasteiger partial charge in [0.1, 0.15) is 6.04 Å². The molecule has 0 radical (unpaired) electrons. The number of carbonyl (C=O) groups excluding carboxylic acids is 4. The van der Waals surface area contributed by atoms with Gasteiger partial charge in [-0.2, -0.15) is 0 Å². The van der Waals surface area contributed by atoms with Crippen molar-refractivity contribution in [2.75, 3.05) is 18.4 Å². The molecule has 0 saturated carbocycles. The van der Waals surface area contributed by atoms with Crippen LogP contribution in [0.1, 0.15) is 24.8 Å². The Kier molecular flexibility index (Phi) is 3.48. The molecule has 3 aliphatic heterocycles. The van der Waals surface area contributed by atoms with Gasteiger partial charge in [-0.15, -0.1) is 0 Å². The molecule has 130 valence electrons. The third-order valence-corrected chi connectivity index (χ3v) is 5.33. The first-order valence-electron chi connectivity index (χ1n) is 8.30. The summed E-state index contributed by atoms with van der Waals surface area (Å²) in [4.78, 5) is 49.3. The lowest BCUT2D eigenvalue weighted by atomic mass is 9.73. The van der Waals surface area contributed by atoms with Crippen LogP contribution in [0.25, 0.3) is 0 Å². The molecule has 3 N–H and O–H groups in total. The molecular weight excluding hydrogens is 324 g/mol. The van der Waals surface area contributed by atoms with E-state index in [1.54, 1.807) is 4.90 Å². The topological polar surface area (TPSA) is 108 Å². The summed E-state index contributed by atoms with van der Waals surface area (Å²) >= 11 is 0. The lowest BCUT2D eigenvalue weighted by Gasteiger charge is -2.38. The number of carbonyl (C=O) groups is 4. The van der Waals surface area contributed by atoms with Crippen molar-refractivity contribution >= 4 is 29.4 Å². The van der Waals surface area contributed by atoms with E-state index in [4.69, 9.17) is 0 Å². The first-order chi connectivity index (χ1) is 12.0. The van der Waals surface area contributed by atoms with Crippen molar-refractivity contribution in [3.8, 4) is 0 Å². The predicted octanol–water partition coefficient (Wildman–Crippen LogP) is 0.0970. The van der Waals surface area contributed by atoms with Crippen LogP contribution in [0, 0.1) is 0 Å². The Morgan fingerprint density at radius 2 is 1.84 bits per heavy atom. The first-order valence-corrected chi connectivity index (χ1v) is 8.30. The van der Waals surface area contributed by atoms with Gasteiger partial charge in [0, 0.05) is 18.8 Å². The number of benzene rings is 1. The maximum atomic E-state index is 12.5. The van der Waals surface area contributed by atoms with Crippen LogP contribution in [0.4, 0.5) is 10.5 Å². The number of hydrogen-bond donors (Lipinski definition) is 3. The zero-order chi connectivity index (χ0) is 17.6. The highest BCUT2D eigenvalue weighted by Crippen LogP contribution is 2.44. The van der Waals surface area contributed by atoms with Crippen LogP contribution >= 0.6 is 0 Å². The molecule has 1 aromatic carbocycles. The minimum absolute atomic E-state index is 0.0109. The summed E-state index contributed by atoms with van der Waals surface area (Å²) in [6.45, 7) is 0.895. The molecule has 0 unspecified atom stereocenters. The monoisotopic (exact) mass is 342 g/mol. The molecule has 5 amide bonds. The normalized spacial score (nSPS) is 23.9. The number of likely N-dealkylation sites (tertiary alicyclic amines) is 1. The lowest BCUT2D eigenvalue weighted by Crippen LogP contribution is -2.49. The van der Waals surface area contributed by atoms with Crippen molar-refractivity contribution in [3.05, 3.63) is 29.8 Å². The van der Waals surface area contributed by atoms with E-state index in [0.717, 1.165) is 11.3 Å². The summed E-state index contributed by atoms with van der Waals surface area (Å²) in [7, 11) is 0. The fraction of sp³-hybridized carbons (Fsp3) is 0.412. The molecule has 2 saturated heterocycles. The average molecular weight is 342 g/mol. The fourth-order valence-electron chi connectivity index (χ4n) is 3.91. The standard InChI is InChI=1S/C17H18N4O4/c22-13(9-12-14(23)20-16(25)19-12)21-7-5-17(6-8-21)10-3-1-2-4-11(10)18-15(17)24/h1-4,12H,5-9H2,(H,18,24)(H2,19,20,23,25)/t12-/m1/s1. The minimum atomic E-state index is -0.814. The van der Waals surface area contributed by atoms with Crippen molar-refractivity contribution < 1.29 is 19.2 Å². The quantitative estimate of drug-likeness (QED) is 0.662. The van der Waals surface area contributed by atoms with Crippen LogP contribution < -0.4 is 16.0 Å². The van der Waals surface area contributed by atoms with Crippen LogP contribution in [-0.2, 0) is 19.8 Å². The SMILES string of the molecule is O=C1NC(=O)[C@@H](CC(=O)N2CCC3(CC2)C(=O)Nc2ccccc23)N1. The van der Waals surface area contributed by atoms with Gasteiger partial charge in [0.2, 0.25) is 11.8 Å². The van der Waals surface area contributed by atoms with E-state index in [9.17, 15) is 19.2 Å². The summed E-state index contributed by atoms with van der Waals surface area (Å²) in [6, 6.07) is 6.27. The molecule has 8 nitrogen and oxygen atoms in total. The van der Waals surface area contributed by atoms with Gasteiger partial charge in [-0.05, 0) is 24.5 Å². The smallest absolute Gasteiger partial charge is 0.322 e. The zero-order valence-electron chi connectivity index (χ0n) is 13.5. The van der Waals surface area contributed by atoms with Crippen LogP contribution in [0.3, 0.4) is 0 Å². The Hall–Kier alpha value is -2.90. The van der Waals surface area contributed by atoms with E-state index in [2.05, 4.69) is 16.0 Å². The van der Waals surface area contributed by atoms with Crippen molar-refractivity contribution in [1.29, 1.82) is 0 Å². The summed E-state index contributed by atoms with van der Waals surface area (Å²) < 4.78 is 0. The van der Waals surface area contributed by atoms with E-state index < -0.39 is 23.4 Å². The molecule has 4 rings (SSSR count). The largest absolute Gasteiger partial charge is 0.343 e. The van der Waals surface area contributed by atoms with Gasteiger partial charge in [0.15, 0.2) is 0 Å². The maximum Gasteiger partial charge on any atom is 0.322 e. The molecule has 2 fully saturated rings. The fourth-order valence-corrected chi connectivity index (χ4v) is 3.91. The molecule has 1 spiro atoms. The second-order valence-electron chi connectivity index (χ2n) is 6.68. The van der Waals surface area contributed by atoms with Gasteiger partial charge < -0.3 is 15.5 Å². The summed E-state index contributed by atoms with van der Waals surface area (Å²) in [5.41, 5.74) is 1.26. The number of anilines is 1. The minimum Gasteiger partial charge on any atom is -0.343 e. The van der Waals surface area contributed by atoms with Gasteiger partial charge in [-0.3, -0.25) is 19.7 Å². The number of rotatable bonds is 2. The number of nitrogens with zero attached hydrogens (tertiary/aromatic N) is 1. The Bertz CT molecular complexity index is 783. The Morgan fingerprint density at radius 1 is 1.12 bits per heavy atom. The van der Waals surface area contributed by atoms with E-state index >= 15 is 0 Å². The summed E-state index contributed by atoms with van der Waals surface area (Å²) in [5.74, 6) is -0.678. The molecule has 25 heavy (non-hydrogen) atoms. The van der Waals surface area contributed by atoms with Gasteiger partial charge >= 0.3 is 6.03 Å². The van der Waals surface area contributed by atoms with Gasteiger partial charge in [0.25, 0.3) is 5.91 Å². The maximum absolute atomic E-state index is 12.5. The molecule has 1 atom stereocenters. The summed E-state index contributed by atoms with van der Waals surface area (Å²) in [6.07, 6.45) is 1.03. The van der Waals surface area contributed by atoms with Gasteiger partial charge in [0.05, 0.1) is 11.8 Å². The van der Waals surface area contributed by atoms with Gasteiger partial charge in [-0.25, -0.2) is 4.79 Å². The number of para-hydroxylation sites is 1. The third-order valence-electron chi connectivity index (χ3n) is 5.33. The predicted molar refractivity (Wildman–Crippen MR) is 87.6 cm³/mol. The number of amides is 5. The first kappa shape index (κ1) is 15.6. The number of urea groups is 1. The number of hydrogen-bond acceptors (Lipinski definition) is 4. The second-order valence-corrected chi connectivity index (χ2v) is 6.68. The molecule has 0 bridgehead atoms. The number of nitrogens with one attached hydrogen (secondary N) is 3. The molecular formula is C17H18N4O4. The molecule has 1 aromatic rings. The van der Waals surface area contributed by atoms with Crippen LogP contribution in [0.5, 0.6) is 0 Å². The van der Waals surface area contributed by atoms with Crippen molar-refractivity contribution in [1.82, 2.24) is 15.5 Å². The van der Waals surface area contributed by atoms with Crippen LogP contribution in [0.15, 0.2) is 24.3 Å². The number of fused-ring (bicyclic) bond motifs is 2. The number of piperidine rings is 1. The van der Waals surface area contributed by atoms with E-state index in [0.29, 0.717) is 25.9 Å². The van der Waals surface area contributed by atoms with Gasteiger partial charge in [-0.1, -0.05) is 18.2 Å². The molecule has 0 aromatic heterocycles. The Balaban J connectivity index is 1.43. The van der Waals surface area contributed by atoms with E-state index in [1.807, 2.05) is 24.3 Å². The highest BCUT2D eigenvalue weighted by atomic mass is 16.2. The highest BCUT2D eigenvalue weighted by Gasteiger charge is 2.49.